The topological polar surface area (TPSA) is 70.7 Å². The van der Waals surface area contributed by atoms with Crippen LogP contribution in [-0.4, -0.2) is 26.8 Å². The van der Waals surface area contributed by atoms with Crippen molar-refractivity contribution in [3.8, 4) is 11.4 Å². The van der Waals surface area contributed by atoms with E-state index in [1.54, 1.807) is 0 Å². The van der Waals surface area contributed by atoms with Gasteiger partial charge in [0, 0.05) is 11.3 Å². The molecule has 0 saturated heterocycles. The molecule has 3 rings (SSSR count). The highest BCUT2D eigenvalue weighted by Crippen LogP contribution is 2.20. The number of benzene rings is 2. The number of rotatable bonds is 5. The molecule has 0 aliphatic rings. The number of nitrogens with zero attached hydrogens (tertiary/aromatic N) is 2. The molecule has 2 N–H and O–H groups in total. The first-order chi connectivity index (χ1) is 12.0. The number of amides is 1. The molecular weight excluding hydrogens is 332 g/mol. The van der Waals surface area contributed by atoms with Gasteiger partial charge in [0.1, 0.15) is 0 Å². The first kappa shape index (κ1) is 17.2. The molecule has 0 fully saturated rings. The first-order valence-electron chi connectivity index (χ1n) is 8.00. The van der Waals surface area contributed by atoms with Gasteiger partial charge in [-0.3, -0.25) is 9.89 Å². The second-order valence-electron chi connectivity index (χ2n) is 5.97. The number of hydrogen-bond donors (Lipinski definition) is 2. The third-order valence-corrected chi connectivity index (χ3v) is 4.76. The zero-order chi connectivity index (χ0) is 17.8. The van der Waals surface area contributed by atoms with Crippen LogP contribution in [0.15, 0.2) is 47.6 Å². The lowest BCUT2D eigenvalue weighted by molar-refractivity contribution is -0.113. The van der Waals surface area contributed by atoms with Gasteiger partial charge in [0.2, 0.25) is 11.1 Å². The highest BCUT2D eigenvalue weighted by atomic mass is 32.2. The lowest BCUT2D eigenvalue weighted by atomic mass is 10.1. The molecule has 0 radical (unpaired) electrons. The summed E-state index contributed by atoms with van der Waals surface area (Å²) in [5.41, 5.74) is 5.34. The molecule has 0 atom stereocenters. The van der Waals surface area contributed by atoms with E-state index in [0.717, 1.165) is 16.8 Å². The van der Waals surface area contributed by atoms with Crippen molar-refractivity contribution in [2.24, 2.45) is 0 Å². The van der Waals surface area contributed by atoms with Crippen molar-refractivity contribution in [1.29, 1.82) is 0 Å². The van der Waals surface area contributed by atoms with Crippen molar-refractivity contribution in [3.05, 3.63) is 59.2 Å². The van der Waals surface area contributed by atoms with Crippen molar-refractivity contribution in [1.82, 2.24) is 15.2 Å². The van der Waals surface area contributed by atoms with Crippen LogP contribution in [0, 0.1) is 20.8 Å². The molecule has 0 bridgehead atoms. The molecule has 0 unspecified atom stereocenters. The number of thioether (sulfide) groups is 1. The average molecular weight is 352 g/mol. The van der Waals surface area contributed by atoms with Gasteiger partial charge < -0.3 is 5.32 Å². The van der Waals surface area contributed by atoms with Gasteiger partial charge in [-0.2, -0.15) is 0 Å². The highest BCUT2D eigenvalue weighted by molar-refractivity contribution is 7.99. The highest BCUT2D eigenvalue weighted by Gasteiger charge is 2.09. The summed E-state index contributed by atoms with van der Waals surface area (Å²) in [6, 6.07) is 13.9. The van der Waals surface area contributed by atoms with Gasteiger partial charge in [-0.25, -0.2) is 4.98 Å². The molecule has 6 heteroatoms. The van der Waals surface area contributed by atoms with E-state index >= 15 is 0 Å². The lowest BCUT2D eigenvalue weighted by Gasteiger charge is -2.06. The number of hydrogen-bond acceptors (Lipinski definition) is 4. The second-order valence-corrected chi connectivity index (χ2v) is 6.91. The number of anilines is 1. The van der Waals surface area contributed by atoms with Crippen LogP contribution >= 0.6 is 11.8 Å². The van der Waals surface area contributed by atoms with Gasteiger partial charge >= 0.3 is 0 Å². The maximum Gasteiger partial charge on any atom is 0.234 e. The summed E-state index contributed by atoms with van der Waals surface area (Å²) in [5.74, 6) is 0.894. The van der Waals surface area contributed by atoms with Gasteiger partial charge in [0.25, 0.3) is 0 Å². The Balaban J connectivity index is 1.57. The van der Waals surface area contributed by atoms with Gasteiger partial charge in [0.15, 0.2) is 5.82 Å². The van der Waals surface area contributed by atoms with Crippen molar-refractivity contribution in [2.75, 3.05) is 11.1 Å². The molecule has 1 heterocycles. The Morgan fingerprint density at radius 3 is 2.56 bits per heavy atom. The maximum atomic E-state index is 12.1. The Morgan fingerprint density at radius 1 is 1.08 bits per heavy atom. The summed E-state index contributed by atoms with van der Waals surface area (Å²) < 4.78 is 0. The monoisotopic (exact) mass is 352 g/mol. The fourth-order valence-electron chi connectivity index (χ4n) is 2.30. The molecule has 1 aromatic heterocycles. The van der Waals surface area contributed by atoms with Crippen LogP contribution < -0.4 is 5.32 Å². The summed E-state index contributed by atoms with van der Waals surface area (Å²) in [7, 11) is 0. The van der Waals surface area contributed by atoms with Gasteiger partial charge in [-0.15, -0.1) is 5.10 Å². The molecule has 0 spiro atoms. The second kappa shape index (κ2) is 7.53. The summed E-state index contributed by atoms with van der Waals surface area (Å²) in [6.45, 7) is 6.12. The molecule has 5 nitrogen and oxygen atoms in total. The SMILES string of the molecule is Cc1ccc(-c2nc(SCC(=O)Nc3ccc(C)c(C)c3)n[nH]2)cc1. The van der Waals surface area contributed by atoms with E-state index in [2.05, 4.69) is 20.5 Å². The van der Waals surface area contributed by atoms with E-state index in [9.17, 15) is 4.79 Å². The fourth-order valence-corrected chi connectivity index (χ4v) is 2.90. The molecular formula is C19H20N4OS. The van der Waals surface area contributed by atoms with Crippen molar-refractivity contribution < 1.29 is 4.79 Å². The number of aromatic nitrogens is 3. The largest absolute Gasteiger partial charge is 0.325 e. The minimum atomic E-state index is -0.0741. The van der Waals surface area contributed by atoms with Crippen LogP contribution in [-0.2, 0) is 4.79 Å². The Labute approximate surface area is 151 Å². The average Bonchev–Trinajstić information content (AvgIpc) is 3.06. The summed E-state index contributed by atoms with van der Waals surface area (Å²) >= 11 is 1.31. The van der Waals surface area contributed by atoms with Crippen LogP contribution in [0.25, 0.3) is 11.4 Å². The number of carbonyl (C=O) groups is 1. The van der Waals surface area contributed by atoms with Crippen LogP contribution in [0.3, 0.4) is 0 Å². The van der Waals surface area contributed by atoms with Crippen LogP contribution in [0.5, 0.6) is 0 Å². The Morgan fingerprint density at radius 2 is 1.84 bits per heavy atom. The van der Waals surface area contributed by atoms with Gasteiger partial charge in [-0.1, -0.05) is 47.7 Å². The lowest BCUT2D eigenvalue weighted by Crippen LogP contribution is -2.14. The minimum absolute atomic E-state index is 0.0741. The molecule has 3 aromatic rings. The first-order valence-corrected chi connectivity index (χ1v) is 8.99. The van der Waals surface area contributed by atoms with Crippen molar-refractivity contribution >= 4 is 23.4 Å². The standard InChI is InChI=1S/C19H20N4OS/c1-12-4-7-15(8-5-12)18-21-19(23-22-18)25-11-17(24)20-16-9-6-13(2)14(3)10-16/h4-10H,11H2,1-3H3,(H,20,24)(H,21,22,23). The molecule has 2 aromatic carbocycles. The van der Waals surface area contributed by atoms with E-state index in [0.29, 0.717) is 11.0 Å². The number of H-pyrrole nitrogens is 1. The van der Waals surface area contributed by atoms with Gasteiger partial charge in [0.05, 0.1) is 5.75 Å². The third kappa shape index (κ3) is 4.48. The third-order valence-electron chi connectivity index (χ3n) is 3.91. The Hall–Kier alpha value is -2.60. The molecule has 0 aliphatic carbocycles. The smallest absolute Gasteiger partial charge is 0.234 e. The molecule has 128 valence electrons. The summed E-state index contributed by atoms with van der Waals surface area (Å²) in [4.78, 5) is 16.5. The van der Waals surface area contributed by atoms with Crippen molar-refractivity contribution in [3.63, 3.8) is 0 Å². The molecule has 0 aliphatic heterocycles. The predicted molar refractivity (Wildman–Crippen MR) is 102 cm³/mol. The normalized spacial score (nSPS) is 10.7. The number of nitrogens with one attached hydrogen (secondary N) is 2. The van der Waals surface area contributed by atoms with Crippen LogP contribution in [0.2, 0.25) is 0 Å². The fraction of sp³-hybridized carbons (Fsp3) is 0.211. The quantitative estimate of drug-likeness (QED) is 0.678. The number of aryl methyl sites for hydroxylation is 3. The Bertz CT molecular complexity index is 887. The number of carbonyl (C=O) groups excluding carboxylic acids is 1. The zero-order valence-corrected chi connectivity index (χ0v) is 15.3. The van der Waals surface area contributed by atoms with E-state index in [4.69, 9.17) is 0 Å². The zero-order valence-electron chi connectivity index (χ0n) is 14.5. The van der Waals surface area contributed by atoms with Crippen LogP contribution in [0.4, 0.5) is 5.69 Å². The van der Waals surface area contributed by atoms with E-state index < -0.39 is 0 Å². The van der Waals surface area contributed by atoms with Crippen molar-refractivity contribution in [2.45, 2.75) is 25.9 Å². The van der Waals surface area contributed by atoms with Crippen LogP contribution in [0.1, 0.15) is 16.7 Å². The van der Waals surface area contributed by atoms with E-state index in [1.807, 2.05) is 63.2 Å². The minimum Gasteiger partial charge on any atom is -0.325 e. The van der Waals surface area contributed by atoms with Gasteiger partial charge in [-0.05, 0) is 44.0 Å². The molecule has 1 amide bonds. The maximum absolute atomic E-state index is 12.1. The van der Waals surface area contributed by atoms with E-state index in [1.165, 1.54) is 22.9 Å². The predicted octanol–water partition coefficient (Wildman–Crippen LogP) is 4.13. The molecule has 0 saturated carbocycles. The molecule has 25 heavy (non-hydrogen) atoms. The summed E-state index contributed by atoms with van der Waals surface area (Å²) in [6.07, 6.45) is 0. The van der Waals surface area contributed by atoms with E-state index in [-0.39, 0.29) is 11.7 Å². The Kier molecular flexibility index (Phi) is 5.19. The summed E-state index contributed by atoms with van der Waals surface area (Å²) in [5, 5.41) is 10.5. The number of aromatic amines is 1.